The van der Waals surface area contributed by atoms with Crippen LogP contribution in [-0.4, -0.2) is 35.9 Å². The smallest absolute Gasteiger partial charge is 0.229 e. The highest BCUT2D eigenvalue weighted by Gasteiger charge is 2.17. The molecule has 0 spiro atoms. The number of rotatable bonds is 6. The van der Waals surface area contributed by atoms with Gasteiger partial charge >= 0.3 is 0 Å². The average molecular weight is 412 g/mol. The number of hydrogen-bond acceptors (Lipinski definition) is 5. The van der Waals surface area contributed by atoms with Crippen LogP contribution in [0.5, 0.6) is 0 Å². The first-order chi connectivity index (χ1) is 12.2. The van der Waals surface area contributed by atoms with E-state index in [0.717, 1.165) is 22.9 Å². The van der Waals surface area contributed by atoms with Gasteiger partial charge in [-0.15, -0.1) is 23.7 Å². The molecule has 0 aliphatic carbocycles. The molecule has 3 rings (SSSR count). The molecule has 2 amide bonds. The van der Waals surface area contributed by atoms with Crippen molar-refractivity contribution in [2.24, 2.45) is 0 Å². The fourth-order valence-corrected chi connectivity index (χ4v) is 4.30. The molecule has 0 saturated carbocycles. The van der Waals surface area contributed by atoms with E-state index in [0.29, 0.717) is 24.2 Å². The summed E-state index contributed by atoms with van der Waals surface area (Å²) in [6, 6.07) is 11.4. The first-order valence-electron chi connectivity index (χ1n) is 8.23. The Hall–Kier alpha value is -1.54. The summed E-state index contributed by atoms with van der Waals surface area (Å²) >= 11 is 3.42. The molecule has 5 nitrogen and oxygen atoms in total. The molecule has 1 saturated heterocycles. The highest BCUT2D eigenvalue weighted by Crippen LogP contribution is 2.22. The van der Waals surface area contributed by atoms with E-state index in [1.54, 1.807) is 17.4 Å². The molecule has 1 aliphatic heterocycles. The predicted octanol–water partition coefficient (Wildman–Crippen LogP) is 3.38. The van der Waals surface area contributed by atoms with Crippen molar-refractivity contribution in [1.29, 1.82) is 0 Å². The summed E-state index contributed by atoms with van der Waals surface area (Å²) in [6.07, 6.45) is 0.771. The number of anilines is 2. The SMILES string of the molecule is Cl.O=C(Cc1cccs1)Nc1ccccc1NC(=O)CC1CSCCN1. The highest BCUT2D eigenvalue weighted by molar-refractivity contribution is 7.99. The van der Waals surface area contributed by atoms with Crippen molar-refractivity contribution < 1.29 is 9.59 Å². The van der Waals surface area contributed by atoms with Crippen LogP contribution in [0.1, 0.15) is 11.3 Å². The lowest BCUT2D eigenvalue weighted by Gasteiger charge is -2.22. The Bertz CT molecular complexity index is 719. The molecule has 26 heavy (non-hydrogen) atoms. The average Bonchev–Trinajstić information content (AvgIpc) is 3.10. The molecule has 1 aromatic heterocycles. The van der Waals surface area contributed by atoms with E-state index in [4.69, 9.17) is 0 Å². The minimum Gasteiger partial charge on any atom is -0.324 e. The van der Waals surface area contributed by atoms with Gasteiger partial charge in [-0.05, 0) is 23.6 Å². The number of halogens is 1. The van der Waals surface area contributed by atoms with Crippen LogP contribution >= 0.6 is 35.5 Å². The Balaban J connectivity index is 0.00000243. The van der Waals surface area contributed by atoms with Gasteiger partial charge in [0.2, 0.25) is 11.8 Å². The second kappa shape index (κ2) is 10.6. The zero-order chi connectivity index (χ0) is 17.5. The van der Waals surface area contributed by atoms with E-state index < -0.39 is 0 Å². The summed E-state index contributed by atoms with van der Waals surface area (Å²) in [5, 5.41) is 11.1. The number of nitrogens with one attached hydrogen (secondary N) is 3. The van der Waals surface area contributed by atoms with Crippen molar-refractivity contribution in [2.45, 2.75) is 18.9 Å². The molecule has 2 aromatic rings. The van der Waals surface area contributed by atoms with Crippen LogP contribution in [-0.2, 0) is 16.0 Å². The molecular weight excluding hydrogens is 390 g/mol. The lowest BCUT2D eigenvalue weighted by Crippen LogP contribution is -2.39. The van der Waals surface area contributed by atoms with Gasteiger partial charge in [0.05, 0.1) is 17.8 Å². The number of carbonyl (C=O) groups is 2. The van der Waals surface area contributed by atoms with Crippen molar-refractivity contribution in [3.8, 4) is 0 Å². The summed E-state index contributed by atoms with van der Waals surface area (Å²) < 4.78 is 0. The Kier molecular flexibility index (Phi) is 8.44. The van der Waals surface area contributed by atoms with E-state index in [1.807, 2.05) is 47.5 Å². The molecule has 1 atom stereocenters. The summed E-state index contributed by atoms with van der Waals surface area (Å²) in [5.41, 5.74) is 1.26. The minimum absolute atomic E-state index is 0. The Morgan fingerprint density at radius 3 is 2.42 bits per heavy atom. The fourth-order valence-electron chi connectivity index (χ4n) is 2.64. The van der Waals surface area contributed by atoms with Gasteiger partial charge in [0.25, 0.3) is 0 Å². The molecule has 0 bridgehead atoms. The molecule has 2 heterocycles. The molecular formula is C18H22ClN3O2S2. The third-order valence-corrected chi connectivity index (χ3v) is 5.83. The molecule has 140 valence electrons. The molecule has 3 N–H and O–H groups in total. The second-order valence-electron chi connectivity index (χ2n) is 5.83. The van der Waals surface area contributed by atoms with Gasteiger partial charge in [0.1, 0.15) is 0 Å². The number of carbonyl (C=O) groups excluding carboxylic acids is 2. The van der Waals surface area contributed by atoms with Gasteiger partial charge in [-0.25, -0.2) is 0 Å². The highest BCUT2D eigenvalue weighted by atomic mass is 35.5. The normalized spacial score (nSPS) is 16.4. The number of thioether (sulfide) groups is 1. The topological polar surface area (TPSA) is 70.2 Å². The van der Waals surface area contributed by atoms with Crippen LogP contribution in [0, 0.1) is 0 Å². The van der Waals surface area contributed by atoms with Crippen LogP contribution in [0.15, 0.2) is 41.8 Å². The van der Waals surface area contributed by atoms with E-state index in [-0.39, 0.29) is 30.3 Å². The zero-order valence-electron chi connectivity index (χ0n) is 14.2. The number of amides is 2. The summed E-state index contributed by atoms with van der Waals surface area (Å²) in [7, 11) is 0. The molecule has 1 aromatic carbocycles. The Labute approximate surface area is 167 Å². The maximum absolute atomic E-state index is 12.3. The standard InChI is InChI=1S/C18H21N3O2S2.ClH/c22-17(10-13-12-24-9-7-19-13)20-15-5-1-2-6-16(15)21-18(23)11-14-4-3-8-25-14;/h1-6,8,13,19H,7,9-12H2,(H,20,22)(H,21,23);1H. The van der Waals surface area contributed by atoms with Crippen molar-refractivity contribution in [1.82, 2.24) is 5.32 Å². The predicted molar refractivity (Wildman–Crippen MR) is 113 cm³/mol. The van der Waals surface area contributed by atoms with Crippen LogP contribution < -0.4 is 16.0 Å². The van der Waals surface area contributed by atoms with Crippen LogP contribution in [0.4, 0.5) is 11.4 Å². The number of hydrogen-bond donors (Lipinski definition) is 3. The van der Waals surface area contributed by atoms with E-state index in [9.17, 15) is 9.59 Å². The quantitative estimate of drug-likeness (QED) is 0.681. The van der Waals surface area contributed by atoms with Gasteiger partial charge < -0.3 is 16.0 Å². The van der Waals surface area contributed by atoms with Gasteiger partial charge in [0, 0.05) is 35.4 Å². The monoisotopic (exact) mass is 411 g/mol. The maximum atomic E-state index is 12.3. The fraction of sp³-hybridized carbons (Fsp3) is 0.333. The Morgan fingerprint density at radius 2 is 1.81 bits per heavy atom. The molecule has 0 radical (unpaired) electrons. The molecule has 1 aliphatic rings. The number of thiophene rings is 1. The van der Waals surface area contributed by atoms with E-state index >= 15 is 0 Å². The van der Waals surface area contributed by atoms with E-state index in [1.165, 1.54) is 0 Å². The molecule has 1 unspecified atom stereocenters. The van der Waals surface area contributed by atoms with E-state index in [2.05, 4.69) is 16.0 Å². The third kappa shape index (κ3) is 6.32. The van der Waals surface area contributed by atoms with Gasteiger partial charge in [-0.3, -0.25) is 9.59 Å². The second-order valence-corrected chi connectivity index (χ2v) is 8.01. The lowest BCUT2D eigenvalue weighted by atomic mass is 10.2. The van der Waals surface area contributed by atoms with Gasteiger partial charge in [0.15, 0.2) is 0 Å². The Morgan fingerprint density at radius 1 is 1.08 bits per heavy atom. The van der Waals surface area contributed by atoms with Crippen molar-refractivity contribution in [3.05, 3.63) is 46.7 Å². The largest absolute Gasteiger partial charge is 0.324 e. The third-order valence-electron chi connectivity index (χ3n) is 3.82. The van der Waals surface area contributed by atoms with Gasteiger partial charge in [-0.2, -0.15) is 11.8 Å². The zero-order valence-corrected chi connectivity index (χ0v) is 16.6. The first-order valence-corrected chi connectivity index (χ1v) is 10.3. The van der Waals surface area contributed by atoms with Crippen LogP contribution in [0.2, 0.25) is 0 Å². The molecule has 8 heteroatoms. The minimum atomic E-state index is -0.0884. The number of benzene rings is 1. The van der Waals surface area contributed by atoms with Crippen molar-refractivity contribution in [2.75, 3.05) is 28.7 Å². The summed E-state index contributed by atoms with van der Waals surface area (Å²) in [6.45, 7) is 0.942. The molecule has 1 fully saturated rings. The van der Waals surface area contributed by atoms with Crippen molar-refractivity contribution in [3.63, 3.8) is 0 Å². The summed E-state index contributed by atoms with van der Waals surface area (Å²) in [5.74, 6) is 1.92. The van der Waals surface area contributed by atoms with Crippen LogP contribution in [0.3, 0.4) is 0 Å². The maximum Gasteiger partial charge on any atom is 0.229 e. The first kappa shape index (κ1) is 20.8. The number of para-hydroxylation sites is 2. The van der Waals surface area contributed by atoms with Crippen LogP contribution in [0.25, 0.3) is 0 Å². The lowest BCUT2D eigenvalue weighted by molar-refractivity contribution is -0.117. The summed E-state index contributed by atoms with van der Waals surface area (Å²) in [4.78, 5) is 25.5. The van der Waals surface area contributed by atoms with Gasteiger partial charge in [-0.1, -0.05) is 18.2 Å². The van der Waals surface area contributed by atoms with Crippen molar-refractivity contribution >= 4 is 58.7 Å².